The Kier molecular flexibility index (Phi) is 8.18. The monoisotopic (exact) mass is 617 g/mol. The molecule has 0 saturated carbocycles. The first-order valence-electron chi connectivity index (χ1n) is 13.3. The number of hydrogen-bond acceptors (Lipinski definition) is 5. The van der Waals surface area contributed by atoms with E-state index in [1.54, 1.807) is 39.9 Å². The van der Waals surface area contributed by atoms with Crippen LogP contribution in [0.4, 0.5) is 0 Å². The summed E-state index contributed by atoms with van der Waals surface area (Å²) in [6.45, 7) is 7.69. The van der Waals surface area contributed by atoms with Gasteiger partial charge in [-0.1, -0.05) is 66.9 Å². The van der Waals surface area contributed by atoms with E-state index in [0.717, 1.165) is 0 Å². The number of halogens is 3. The van der Waals surface area contributed by atoms with Gasteiger partial charge in [0.25, 0.3) is 5.91 Å². The Morgan fingerprint density at radius 2 is 1.78 bits per heavy atom. The number of carbonyl (C=O) groups excluding carboxylic acids is 2. The first-order chi connectivity index (χ1) is 19.4. The van der Waals surface area contributed by atoms with Crippen molar-refractivity contribution in [3.05, 3.63) is 73.3 Å². The van der Waals surface area contributed by atoms with E-state index in [4.69, 9.17) is 34.8 Å². The maximum absolute atomic E-state index is 13.6. The van der Waals surface area contributed by atoms with Crippen molar-refractivity contribution < 1.29 is 9.59 Å². The minimum absolute atomic E-state index is 0.106. The number of fused-ring (bicyclic) bond motifs is 1. The number of H-pyrrole nitrogens is 1. The highest BCUT2D eigenvalue weighted by molar-refractivity contribution is 6.43. The van der Waals surface area contributed by atoms with E-state index in [1.807, 2.05) is 20.8 Å². The van der Waals surface area contributed by atoms with Crippen LogP contribution in [0, 0.1) is 11.3 Å². The quantitative estimate of drug-likeness (QED) is 0.292. The number of piperidine rings is 1. The van der Waals surface area contributed by atoms with Crippen molar-refractivity contribution in [3.8, 4) is 5.69 Å². The molecule has 0 unspecified atom stereocenters. The van der Waals surface area contributed by atoms with Crippen LogP contribution < -0.4 is 11.0 Å². The van der Waals surface area contributed by atoms with Crippen LogP contribution in [0.3, 0.4) is 0 Å². The summed E-state index contributed by atoms with van der Waals surface area (Å²) in [4.78, 5) is 43.8. The van der Waals surface area contributed by atoms with Crippen LogP contribution in [-0.2, 0) is 17.9 Å². The van der Waals surface area contributed by atoms with Crippen molar-refractivity contribution in [2.75, 3.05) is 13.1 Å². The average molecular weight is 619 g/mol. The van der Waals surface area contributed by atoms with E-state index in [0.29, 0.717) is 75.5 Å². The molecule has 0 spiro atoms. The normalized spacial score (nSPS) is 14.5. The van der Waals surface area contributed by atoms with Crippen LogP contribution in [-0.4, -0.2) is 54.3 Å². The Hall–Kier alpha value is -3.34. The van der Waals surface area contributed by atoms with E-state index < -0.39 is 0 Å². The molecule has 3 heterocycles. The van der Waals surface area contributed by atoms with Gasteiger partial charge in [0.05, 0.1) is 50.1 Å². The Bertz CT molecular complexity index is 1680. The molecule has 41 heavy (non-hydrogen) atoms. The zero-order valence-corrected chi connectivity index (χ0v) is 25.1. The highest BCUT2D eigenvalue weighted by Gasteiger charge is 2.30. The van der Waals surface area contributed by atoms with E-state index in [1.165, 1.54) is 10.7 Å². The molecule has 0 bridgehead atoms. The molecule has 1 aliphatic rings. The fourth-order valence-electron chi connectivity index (χ4n) is 5.04. The molecule has 2 aromatic heterocycles. The van der Waals surface area contributed by atoms with Crippen LogP contribution >= 0.6 is 34.8 Å². The summed E-state index contributed by atoms with van der Waals surface area (Å²) in [5.74, 6) is -0.486. The molecule has 5 rings (SSSR count). The summed E-state index contributed by atoms with van der Waals surface area (Å²) >= 11 is 18.4. The zero-order valence-electron chi connectivity index (χ0n) is 22.9. The summed E-state index contributed by atoms with van der Waals surface area (Å²) < 4.78 is 3.12. The van der Waals surface area contributed by atoms with Gasteiger partial charge in [0.1, 0.15) is 5.69 Å². The highest BCUT2D eigenvalue weighted by Crippen LogP contribution is 2.31. The molecule has 2 amide bonds. The van der Waals surface area contributed by atoms with Crippen molar-refractivity contribution >= 4 is 57.7 Å². The Morgan fingerprint density at radius 1 is 1.07 bits per heavy atom. The molecule has 1 saturated heterocycles. The van der Waals surface area contributed by atoms with Gasteiger partial charge in [0.15, 0.2) is 0 Å². The van der Waals surface area contributed by atoms with E-state index >= 15 is 0 Å². The Labute approximate surface area is 251 Å². The topological polar surface area (TPSA) is 118 Å². The molecule has 2 aromatic carbocycles. The number of aromatic amines is 1. The minimum atomic E-state index is -0.235. The zero-order chi connectivity index (χ0) is 29.5. The molecule has 1 fully saturated rings. The molecule has 216 valence electrons. The maximum atomic E-state index is 13.6. The van der Waals surface area contributed by atoms with Gasteiger partial charge in [-0.3, -0.25) is 14.2 Å². The lowest BCUT2D eigenvalue weighted by Crippen LogP contribution is -2.43. The largest absolute Gasteiger partial charge is 0.350 e. The Morgan fingerprint density at radius 3 is 2.49 bits per heavy atom. The number of imidazole rings is 1. The van der Waals surface area contributed by atoms with Crippen LogP contribution in [0.15, 0.2) is 41.3 Å². The third-order valence-electron chi connectivity index (χ3n) is 7.03. The van der Waals surface area contributed by atoms with Crippen molar-refractivity contribution in [1.29, 1.82) is 0 Å². The van der Waals surface area contributed by atoms with Gasteiger partial charge in [-0.05, 0) is 42.5 Å². The second-order valence-electron chi connectivity index (χ2n) is 11.4. The molecule has 0 atom stereocenters. The highest BCUT2D eigenvalue weighted by atomic mass is 35.5. The van der Waals surface area contributed by atoms with Gasteiger partial charge in [-0.2, -0.15) is 0 Å². The van der Waals surface area contributed by atoms with Crippen molar-refractivity contribution in [3.63, 3.8) is 0 Å². The number of carbonyl (C=O) groups is 2. The molecule has 0 aliphatic carbocycles. The van der Waals surface area contributed by atoms with Gasteiger partial charge < -0.3 is 15.2 Å². The summed E-state index contributed by atoms with van der Waals surface area (Å²) in [6, 6.07) is 8.47. The maximum Gasteiger partial charge on any atom is 0.326 e. The van der Waals surface area contributed by atoms with Crippen molar-refractivity contribution in [2.45, 2.75) is 46.7 Å². The molecule has 0 radical (unpaired) electrons. The van der Waals surface area contributed by atoms with Crippen molar-refractivity contribution in [1.82, 2.24) is 34.8 Å². The van der Waals surface area contributed by atoms with Crippen LogP contribution in [0.2, 0.25) is 15.1 Å². The fraction of sp³-hybridized carbons (Fsp3) is 0.393. The standard InChI is InChI=1S/C28H30Cl3N7O3/c1-28(2,3)15-37-24-18(5-4-6-22(24)33-27(37)41)26(40)36-9-7-16(8-10-36)25(39)32-13-17-14-38(35-34-17)23-12-20(30)19(29)11-21(23)31/h4-6,11-12,14,16H,7-10,13,15H2,1-3H3,(H,32,39)(H,33,41). The number of nitrogens with one attached hydrogen (secondary N) is 2. The van der Waals surface area contributed by atoms with Crippen LogP contribution in [0.1, 0.15) is 49.7 Å². The van der Waals surface area contributed by atoms with Gasteiger partial charge in [-0.15, -0.1) is 5.10 Å². The first kappa shape index (κ1) is 29.2. The number of rotatable bonds is 6. The molecular formula is C28H30Cl3N7O3. The second kappa shape index (κ2) is 11.5. The van der Waals surface area contributed by atoms with E-state index in [2.05, 4.69) is 20.6 Å². The van der Waals surface area contributed by atoms with Gasteiger partial charge in [-0.25, -0.2) is 9.48 Å². The number of benzene rings is 2. The van der Waals surface area contributed by atoms with Gasteiger partial charge >= 0.3 is 5.69 Å². The second-order valence-corrected chi connectivity index (χ2v) is 12.7. The SMILES string of the molecule is CC(C)(C)Cn1c(=O)[nH]c2cccc(C(=O)N3CCC(C(=O)NCc4cn(-c5cc(Cl)c(Cl)cc5Cl)nn4)CC3)c21. The third-order valence-corrected chi connectivity index (χ3v) is 8.05. The summed E-state index contributed by atoms with van der Waals surface area (Å²) in [5.41, 5.74) is 2.43. The van der Waals surface area contributed by atoms with Crippen molar-refractivity contribution in [2.24, 2.45) is 11.3 Å². The average Bonchev–Trinajstić information content (AvgIpc) is 3.52. The number of likely N-dealkylation sites (tertiary alicyclic amines) is 1. The summed E-state index contributed by atoms with van der Waals surface area (Å²) in [5, 5.41) is 12.1. The Balaban J connectivity index is 1.20. The van der Waals surface area contributed by atoms with Crippen LogP contribution in [0.5, 0.6) is 0 Å². The summed E-state index contributed by atoms with van der Waals surface area (Å²) in [7, 11) is 0. The van der Waals surface area contributed by atoms with Crippen LogP contribution in [0.25, 0.3) is 16.7 Å². The predicted molar refractivity (Wildman–Crippen MR) is 159 cm³/mol. The smallest absolute Gasteiger partial charge is 0.326 e. The predicted octanol–water partition coefficient (Wildman–Crippen LogP) is 5.09. The molecule has 1 aliphatic heterocycles. The first-order valence-corrected chi connectivity index (χ1v) is 14.4. The van der Waals surface area contributed by atoms with Gasteiger partial charge in [0, 0.05) is 25.6 Å². The number of para-hydroxylation sites is 1. The van der Waals surface area contributed by atoms with Gasteiger partial charge in [0.2, 0.25) is 5.91 Å². The lowest BCUT2D eigenvalue weighted by atomic mass is 9.95. The molecular weight excluding hydrogens is 589 g/mol. The molecule has 2 N–H and O–H groups in total. The molecule has 13 heteroatoms. The number of hydrogen-bond donors (Lipinski definition) is 2. The third kappa shape index (κ3) is 6.29. The van der Waals surface area contributed by atoms with E-state index in [-0.39, 0.29) is 35.4 Å². The fourth-order valence-corrected chi connectivity index (χ4v) is 5.67. The summed E-state index contributed by atoms with van der Waals surface area (Å²) in [6.07, 6.45) is 2.72. The lowest BCUT2D eigenvalue weighted by Gasteiger charge is -2.31. The number of aromatic nitrogens is 5. The number of amides is 2. The lowest BCUT2D eigenvalue weighted by molar-refractivity contribution is -0.126. The minimum Gasteiger partial charge on any atom is -0.350 e. The van der Waals surface area contributed by atoms with E-state index in [9.17, 15) is 14.4 Å². The molecule has 10 nitrogen and oxygen atoms in total. The number of nitrogens with zero attached hydrogens (tertiary/aromatic N) is 5. The molecule has 4 aromatic rings.